The van der Waals surface area contributed by atoms with Crippen LogP contribution in [0.5, 0.6) is 0 Å². The molecule has 0 aromatic heterocycles. The van der Waals surface area contributed by atoms with Gasteiger partial charge in [-0.15, -0.1) is 0 Å². The van der Waals surface area contributed by atoms with E-state index in [0.29, 0.717) is 18.6 Å². The smallest absolute Gasteiger partial charge is 0.312 e. The lowest BCUT2D eigenvalue weighted by molar-refractivity contribution is -0.156. The van der Waals surface area contributed by atoms with Crippen LogP contribution in [-0.4, -0.2) is 33.8 Å². The van der Waals surface area contributed by atoms with E-state index in [1.165, 1.54) is 0 Å². The zero-order chi connectivity index (χ0) is 9.19. The van der Waals surface area contributed by atoms with Crippen LogP contribution in [0.1, 0.15) is 19.8 Å². The van der Waals surface area contributed by atoms with Crippen molar-refractivity contribution >= 4 is 17.7 Å². The number of thioether (sulfide) groups is 1. The minimum Gasteiger partial charge on any atom is -0.481 e. The lowest BCUT2D eigenvalue weighted by Crippen LogP contribution is -2.46. The van der Waals surface area contributed by atoms with Crippen molar-refractivity contribution in [1.29, 1.82) is 0 Å². The van der Waals surface area contributed by atoms with Crippen LogP contribution < -0.4 is 0 Å². The van der Waals surface area contributed by atoms with Gasteiger partial charge in [-0.05, 0) is 18.6 Å². The zero-order valence-corrected chi connectivity index (χ0v) is 7.93. The van der Waals surface area contributed by atoms with Gasteiger partial charge in [0, 0.05) is 5.75 Å². The summed E-state index contributed by atoms with van der Waals surface area (Å²) in [6.45, 7) is 1.83. The van der Waals surface area contributed by atoms with Crippen molar-refractivity contribution in [3.8, 4) is 0 Å². The predicted octanol–water partition coefficient (Wildman–Crippen LogP) is 0.965. The first-order valence-electron chi connectivity index (χ1n) is 4.12. The highest BCUT2D eigenvalue weighted by Crippen LogP contribution is 2.38. The molecule has 2 N–H and O–H groups in total. The summed E-state index contributed by atoms with van der Waals surface area (Å²) in [5.41, 5.74) is -0.870. The number of aliphatic carboxylic acids is 1. The molecule has 1 aliphatic rings. The summed E-state index contributed by atoms with van der Waals surface area (Å²) in [5, 5.41) is 18.6. The number of carboxylic acids is 1. The Morgan fingerprint density at radius 3 is 2.75 bits per heavy atom. The topological polar surface area (TPSA) is 57.5 Å². The Kier molecular flexibility index (Phi) is 3.01. The molecule has 0 aromatic carbocycles. The van der Waals surface area contributed by atoms with Crippen LogP contribution in [-0.2, 0) is 4.79 Å². The first-order valence-corrected chi connectivity index (χ1v) is 5.28. The Morgan fingerprint density at radius 2 is 2.42 bits per heavy atom. The van der Waals surface area contributed by atoms with Crippen molar-refractivity contribution in [2.24, 2.45) is 5.41 Å². The third-order valence-corrected chi connectivity index (χ3v) is 3.71. The maximum atomic E-state index is 10.9. The van der Waals surface area contributed by atoms with E-state index in [9.17, 15) is 9.90 Å². The fraction of sp³-hybridized carbons (Fsp3) is 0.875. The van der Waals surface area contributed by atoms with Crippen molar-refractivity contribution in [3.05, 3.63) is 0 Å². The molecule has 0 spiro atoms. The van der Waals surface area contributed by atoms with Crippen LogP contribution in [0.25, 0.3) is 0 Å². The summed E-state index contributed by atoms with van der Waals surface area (Å²) in [5.74, 6) is 0.551. The molecule has 0 bridgehead atoms. The molecule has 12 heavy (non-hydrogen) atoms. The highest BCUT2D eigenvalue weighted by Gasteiger charge is 2.45. The van der Waals surface area contributed by atoms with Crippen LogP contribution >= 0.6 is 11.8 Å². The Balaban J connectivity index is 2.81. The Bertz CT molecular complexity index is 183. The molecule has 70 valence electrons. The number of carboxylic acid groups (broad SMARTS) is 1. The van der Waals surface area contributed by atoms with E-state index in [1.54, 1.807) is 11.8 Å². The third-order valence-electron chi connectivity index (χ3n) is 2.66. The molecule has 1 saturated heterocycles. The molecule has 4 heteroatoms. The fourth-order valence-corrected chi connectivity index (χ4v) is 2.81. The van der Waals surface area contributed by atoms with Gasteiger partial charge in [0.05, 0.1) is 11.5 Å². The highest BCUT2D eigenvalue weighted by molar-refractivity contribution is 7.99. The molecule has 2 unspecified atom stereocenters. The van der Waals surface area contributed by atoms with Crippen molar-refractivity contribution in [1.82, 2.24) is 0 Å². The monoisotopic (exact) mass is 190 g/mol. The van der Waals surface area contributed by atoms with Gasteiger partial charge in [-0.25, -0.2) is 0 Å². The van der Waals surface area contributed by atoms with E-state index < -0.39 is 17.5 Å². The SMILES string of the molecule is CCC1(C(=O)O)CCSCC1O. The normalized spacial score (nSPS) is 36.3. The maximum absolute atomic E-state index is 10.9. The van der Waals surface area contributed by atoms with Crippen LogP contribution in [0.2, 0.25) is 0 Å². The van der Waals surface area contributed by atoms with Crippen molar-refractivity contribution in [2.45, 2.75) is 25.9 Å². The second-order valence-electron chi connectivity index (χ2n) is 3.16. The second kappa shape index (κ2) is 3.66. The molecular weight excluding hydrogens is 176 g/mol. The summed E-state index contributed by atoms with van der Waals surface area (Å²) in [6, 6.07) is 0. The maximum Gasteiger partial charge on any atom is 0.312 e. The molecule has 3 nitrogen and oxygen atoms in total. The van der Waals surface area contributed by atoms with Gasteiger partial charge in [0.2, 0.25) is 0 Å². The summed E-state index contributed by atoms with van der Waals surface area (Å²) in [4.78, 5) is 10.9. The van der Waals surface area contributed by atoms with Gasteiger partial charge in [0.15, 0.2) is 0 Å². The van der Waals surface area contributed by atoms with Crippen LogP contribution in [0, 0.1) is 5.41 Å². The predicted molar refractivity (Wildman–Crippen MR) is 48.3 cm³/mol. The van der Waals surface area contributed by atoms with E-state index in [2.05, 4.69) is 0 Å². The van der Waals surface area contributed by atoms with Crippen molar-refractivity contribution in [2.75, 3.05) is 11.5 Å². The minimum atomic E-state index is -0.870. The minimum absolute atomic E-state index is 0.518. The molecule has 0 aromatic rings. The summed E-state index contributed by atoms with van der Waals surface area (Å²) in [6.07, 6.45) is 0.424. The van der Waals surface area contributed by atoms with Gasteiger partial charge in [-0.2, -0.15) is 11.8 Å². The molecule has 0 saturated carbocycles. The Labute approximate surface area is 76.2 Å². The molecule has 1 rings (SSSR count). The van der Waals surface area contributed by atoms with Gasteiger partial charge >= 0.3 is 5.97 Å². The average molecular weight is 190 g/mol. The third kappa shape index (κ3) is 1.45. The van der Waals surface area contributed by atoms with Gasteiger partial charge in [0.1, 0.15) is 0 Å². The van der Waals surface area contributed by atoms with E-state index in [4.69, 9.17) is 5.11 Å². The van der Waals surface area contributed by atoms with E-state index in [1.807, 2.05) is 6.92 Å². The van der Waals surface area contributed by atoms with Gasteiger partial charge in [-0.1, -0.05) is 6.92 Å². The quantitative estimate of drug-likeness (QED) is 0.681. The first kappa shape index (κ1) is 9.86. The van der Waals surface area contributed by atoms with Gasteiger partial charge < -0.3 is 10.2 Å². The zero-order valence-electron chi connectivity index (χ0n) is 7.12. The fourth-order valence-electron chi connectivity index (χ4n) is 1.59. The summed E-state index contributed by atoms with van der Waals surface area (Å²) < 4.78 is 0. The van der Waals surface area contributed by atoms with Crippen LogP contribution in [0.3, 0.4) is 0 Å². The number of aliphatic hydroxyl groups is 1. The lowest BCUT2D eigenvalue weighted by atomic mass is 9.77. The molecular formula is C8H14O3S. The molecule has 1 fully saturated rings. The van der Waals surface area contributed by atoms with Gasteiger partial charge in [0.25, 0.3) is 0 Å². The van der Waals surface area contributed by atoms with E-state index in [-0.39, 0.29) is 0 Å². The second-order valence-corrected chi connectivity index (χ2v) is 4.31. The van der Waals surface area contributed by atoms with Crippen molar-refractivity contribution < 1.29 is 15.0 Å². The van der Waals surface area contributed by atoms with Gasteiger partial charge in [-0.3, -0.25) is 4.79 Å². The number of hydrogen-bond donors (Lipinski definition) is 2. The standard InChI is InChI=1S/C8H14O3S/c1-2-8(7(10)11)3-4-12-5-6(8)9/h6,9H,2-5H2,1H3,(H,10,11). The number of carbonyl (C=O) groups is 1. The van der Waals surface area contributed by atoms with Crippen molar-refractivity contribution in [3.63, 3.8) is 0 Å². The largest absolute Gasteiger partial charge is 0.481 e. The number of rotatable bonds is 2. The number of aliphatic hydroxyl groups excluding tert-OH is 1. The molecule has 2 atom stereocenters. The Hall–Kier alpha value is -0.220. The van der Waals surface area contributed by atoms with E-state index >= 15 is 0 Å². The highest BCUT2D eigenvalue weighted by atomic mass is 32.2. The summed E-state index contributed by atoms with van der Waals surface area (Å²) >= 11 is 1.62. The number of hydrogen-bond acceptors (Lipinski definition) is 3. The Morgan fingerprint density at radius 1 is 1.75 bits per heavy atom. The lowest BCUT2D eigenvalue weighted by Gasteiger charge is -2.36. The molecule has 0 amide bonds. The van der Waals surface area contributed by atoms with E-state index in [0.717, 1.165) is 5.75 Å². The summed E-state index contributed by atoms with van der Waals surface area (Å²) in [7, 11) is 0. The molecule has 0 radical (unpaired) electrons. The molecule has 0 aliphatic carbocycles. The molecule has 1 aliphatic heterocycles. The molecule has 1 heterocycles. The van der Waals surface area contributed by atoms with Crippen LogP contribution in [0.4, 0.5) is 0 Å². The first-order chi connectivity index (χ1) is 5.63. The average Bonchev–Trinajstić information content (AvgIpc) is 2.05. The van der Waals surface area contributed by atoms with Crippen LogP contribution in [0.15, 0.2) is 0 Å².